The van der Waals surface area contributed by atoms with Crippen molar-refractivity contribution in [3.05, 3.63) is 16.0 Å². The van der Waals surface area contributed by atoms with Crippen LogP contribution in [0, 0.1) is 17.2 Å². The number of nitrogens with zero attached hydrogens (tertiary/aromatic N) is 2. The van der Waals surface area contributed by atoms with Crippen molar-refractivity contribution in [2.75, 3.05) is 25.0 Å². The third kappa shape index (κ3) is 4.62. The predicted molar refractivity (Wildman–Crippen MR) is 103 cm³/mol. The molecule has 1 unspecified atom stereocenters. The Hall–Kier alpha value is -1.38. The van der Waals surface area contributed by atoms with Crippen molar-refractivity contribution in [2.24, 2.45) is 5.92 Å². The summed E-state index contributed by atoms with van der Waals surface area (Å²) in [4.78, 5) is 16.1. The second-order valence-corrected chi connectivity index (χ2v) is 8.50. The van der Waals surface area contributed by atoms with E-state index in [1.165, 1.54) is 42.5 Å². The first-order valence-corrected chi connectivity index (χ1v) is 10.6. The zero-order chi connectivity index (χ0) is 17.6. The average molecular weight is 360 g/mol. The Balaban J connectivity index is 1.57. The topological polar surface area (TPSA) is 56.1 Å². The fraction of sp³-hybridized carbons (Fsp3) is 0.700. The average Bonchev–Trinajstić information content (AvgIpc) is 2.79. The standard InChI is InChI=1S/C20H29N3OS/c1-2-15-7-6-11-23(14-15)12-10-19(24)22-20-17(13-21)16-8-4-3-5-9-18(16)25-20/h15H,2-12,14H2,1H3,(H,22,24). The molecule has 3 rings (SSSR count). The summed E-state index contributed by atoms with van der Waals surface area (Å²) in [5.74, 6) is 0.835. The van der Waals surface area contributed by atoms with Crippen LogP contribution < -0.4 is 5.32 Å². The number of nitrogens with one attached hydrogen (secondary N) is 1. The molecule has 4 nitrogen and oxygen atoms in total. The summed E-state index contributed by atoms with van der Waals surface area (Å²) in [5, 5.41) is 13.4. The fourth-order valence-corrected chi connectivity index (χ4v) is 5.34. The number of carbonyl (C=O) groups is 1. The van der Waals surface area contributed by atoms with Gasteiger partial charge in [-0.05, 0) is 56.6 Å². The van der Waals surface area contributed by atoms with Crippen LogP contribution in [0.1, 0.15) is 67.9 Å². The van der Waals surface area contributed by atoms with Crippen molar-refractivity contribution in [2.45, 2.75) is 64.7 Å². The lowest BCUT2D eigenvalue weighted by molar-refractivity contribution is -0.116. The van der Waals surface area contributed by atoms with E-state index in [-0.39, 0.29) is 5.91 Å². The van der Waals surface area contributed by atoms with Gasteiger partial charge in [0.05, 0.1) is 5.56 Å². The van der Waals surface area contributed by atoms with Crippen LogP contribution >= 0.6 is 11.3 Å². The third-order valence-corrected chi connectivity index (χ3v) is 6.83. The van der Waals surface area contributed by atoms with Gasteiger partial charge in [0.2, 0.25) is 5.91 Å². The molecule has 136 valence electrons. The first kappa shape index (κ1) is 18.4. The molecule has 1 saturated heterocycles. The molecule has 2 heterocycles. The number of likely N-dealkylation sites (tertiary alicyclic amines) is 1. The number of aryl methyl sites for hydroxylation is 1. The minimum atomic E-state index is 0.0477. The van der Waals surface area contributed by atoms with Gasteiger partial charge in [-0.2, -0.15) is 5.26 Å². The van der Waals surface area contributed by atoms with Crippen LogP contribution in [-0.2, 0) is 17.6 Å². The molecule has 1 atom stereocenters. The minimum absolute atomic E-state index is 0.0477. The maximum absolute atomic E-state index is 12.4. The molecule has 1 aliphatic heterocycles. The first-order valence-electron chi connectivity index (χ1n) is 9.78. The molecule has 1 aliphatic carbocycles. The number of hydrogen-bond donors (Lipinski definition) is 1. The molecule has 1 aromatic rings. The van der Waals surface area contributed by atoms with Crippen molar-refractivity contribution < 1.29 is 4.79 Å². The highest BCUT2D eigenvalue weighted by molar-refractivity contribution is 7.16. The molecular formula is C20H29N3OS. The van der Waals surface area contributed by atoms with Crippen molar-refractivity contribution in [1.82, 2.24) is 4.90 Å². The Labute approximate surface area is 155 Å². The Morgan fingerprint density at radius 2 is 2.16 bits per heavy atom. The fourth-order valence-electron chi connectivity index (χ4n) is 4.09. The summed E-state index contributed by atoms with van der Waals surface area (Å²) in [7, 11) is 0. The number of thiophene rings is 1. The second kappa shape index (κ2) is 8.82. The minimum Gasteiger partial charge on any atom is -0.317 e. The van der Waals surface area contributed by atoms with Gasteiger partial charge in [0.1, 0.15) is 11.1 Å². The number of nitriles is 1. The van der Waals surface area contributed by atoms with Gasteiger partial charge < -0.3 is 10.2 Å². The number of anilines is 1. The quantitative estimate of drug-likeness (QED) is 0.796. The Kier molecular flexibility index (Phi) is 6.50. The molecule has 0 spiro atoms. The molecule has 1 aromatic heterocycles. The van der Waals surface area contributed by atoms with Crippen LogP contribution in [-0.4, -0.2) is 30.4 Å². The normalized spacial score (nSPS) is 21.2. The zero-order valence-electron chi connectivity index (χ0n) is 15.3. The first-order chi connectivity index (χ1) is 12.2. The lowest BCUT2D eigenvalue weighted by Crippen LogP contribution is -2.37. The van der Waals surface area contributed by atoms with Crippen LogP contribution in [0.15, 0.2) is 0 Å². The van der Waals surface area contributed by atoms with Gasteiger partial charge in [0.25, 0.3) is 0 Å². The van der Waals surface area contributed by atoms with Gasteiger partial charge in [0.15, 0.2) is 0 Å². The summed E-state index contributed by atoms with van der Waals surface area (Å²) in [6.07, 6.45) is 9.94. The van der Waals surface area contributed by atoms with Crippen molar-refractivity contribution in [1.29, 1.82) is 5.26 Å². The highest BCUT2D eigenvalue weighted by Crippen LogP contribution is 2.37. The summed E-state index contributed by atoms with van der Waals surface area (Å²) in [6, 6.07) is 2.34. The second-order valence-electron chi connectivity index (χ2n) is 7.40. The highest BCUT2D eigenvalue weighted by Gasteiger charge is 2.22. The van der Waals surface area contributed by atoms with Crippen LogP contribution in [0.3, 0.4) is 0 Å². The number of carbonyl (C=O) groups excluding carboxylic acids is 1. The van der Waals surface area contributed by atoms with Crippen molar-refractivity contribution >= 4 is 22.2 Å². The third-order valence-electron chi connectivity index (χ3n) is 5.62. The molecule has 2 aliphatic rings. The highest BCUT2D eigenvalue weighted by atomic mass is 32.1. The largest absolute Gasteiger partial charge is 0.317 e. The summed E-state index contributed by atoms with van der Waals surface area (Å²) < 4.78 is 0. The predicted octanol–water partition coefficient (Wildman–Crippen LogP) is 4.34. The molecular weight excluding hydrogens is 330 g/mol. The van der Waals surface area contributed by atoms with Gasteiger partial charge in [0, 0.05) is 24.4 Å². The van der Waals surface area contributed by atoms with Gasteiger partial charge in [-0.25, -0.2) is 0 Å². The number of rotatable bonds is 5. The van der Waals surface area contributed by atoms with E-state index in [9.17, 15) is 10.1 Å². The molecule has 0 saturated carbocycles. The van der Waals surface area contributed by atoms with Gasteiger partial charge in [-0.15, -0.1) is 11.3 Å². The molecule has 0 bridgehead atoms. The summed E-state index contributed by atoms with van der Waals surface area (Å²) in [5.41, 5.74) is 1.92. The van der Waals surface area contributed by atoms with Crippen molar-refractivity contribution in [3.8, 4) is 6.07 Å². The van der Waals surface area contributed by atoms with E-state index in [4.69, 9.17) is 0 Å². The molecule has 0 aromatic carbocycles. The maximum atomic E-state index is 12.4. The smallest absolute Gasteiger partial charge is 0.226 e. The molecule has 1 amide bonds. The van der Waals surface area contributed by atoms with Crippen LogP contribution in [0.25, 0.3) is 0 Å². The number of piperidine rings is 1. The van der Waals surface area contributed by atoms with Crippen LogP contribution in [0.5, 0.6) is 0 Å². The Morgan fingerprint density at radius 1 is 1.32 bits per heavy atom. The Morgan fingerprint density at radius 3 is 2.96 bits per heavy atom. The number of fused-ring (bicyclic) bond motifs is 1. The maximum Gasteiger partial charge on any atom is 0.226 e. The number of hydrogen-bond acceptors (Lipinski definition) is 4. The van der Waals surface area contributed by atoms with E-state index in [2.05, 4.69) is 23.2 Å². The van der Waals surface area contributed by atoms with E-state index in [1.54, 1.807) is 11.3 Å². The molecule has 1 N–H and O–H groups in total. The SMILES string of the molecule is CCC1CCCN(CCC(=O)Nc2sc3c(c2C#N)CCCCC3)C1. The van der Waals surface area contributed by atoms with E-state index in [1.807, 2.05) is 0 Å². The molecule has 25 heavy (non-hydrogen) atoms. The lowest BCUT2D eigenvalue weighted by atomic mass is 9.95. The van der Waals surface area contributed by atoms with Gasteiger partial charge in [-0.3, -0.25) is 4.79 Å². The zero-order valence-corrected chi connectivity index (χ0v) is 16.1. The monoisotopic (exact) mass is 359 g/mol. The van der Waals surface area contributed by atoms with E-state index >= 15 is 0 Å². The Bertz CT molecular complexity index is 646. The van der Waals surface area contributed by atoms with E-state index in [0.717, 1.165) is 55.4 Å². The summed E-state index contributed by atoms with van der Waals surface area (Å²) >= 11 is 1.63. The number of amides is 1. The van der Waals surface area contributed by atoms with E-state index < -0.39 is 0 Å². The van der Waals surface area contributed by atoms with Gasteiger partial charge >= 0.3 is 0 Å². The summed E-state index contributed by atoms with van der Waals surface area (Å²) in [6.45, 7) is 5.32. The van der Waals surface area contributed by atoms with Crippen molar-refractivity contribution in [3.63, 3.8) is 0 Å². The molecule has 5 heteroatoms. The van der Waals surface area contributed by atoms with Crippen LogP contribution in [0.4, 0.5) is 5.00 Å². The lowest BCUT2D eigenvalue weighted by Gasteiger charge is -2.31. The molecule has 0 radical (unpaired) electrons. The van der Waals surface area contributed by atoms with Crippen LogP contribution in [0.2, 0.25) is 0 Å². The van der Waals surface area contributed by atoms with Gasteiger partial charge in [-0.1, -0.05) is 19.8 Å². The molecule has 1 fully saturated rings. The van der Waals surface area contributed by atoms with E-state index in [0.29, 0.717) is 6.42 Å².